The molecule has 2 bridgehead atoms. The Kier molecular flexibility index (Phi) is 7.32. The van der Waals surface area contributed by atoms with Crippen LogP contribution in [0, 0.1) is 23.2 Å². The predicted molar refractivity (Wildman–Crippen MR) is 138 cm³/mol. The Morgan fingerprint density at radius 3 is 2.32 bits per heavy atom. The minimum absolute atomic E-state index is 0.0279. The molecule has 0 radical (unpaired) electrons. The van der Waals surface area contributed by atoms with Crippen LogP contribution >= 0.6 is 0 Å². The Morgan fingerprint density at radius 2 is 1.70 bits per heavy atom. The monoisotopic (exact) mass is 512 g/mol. The van der Waals surface area contributed by atoms with E-state index in [2.05, 4.69) is 20.8 Å². The van der Waals surface area contributed by atoms with E-state index < -0.39 is 46.9 Å². The zero-order chi connectivity index (χ0) is 27.2. The fourth-order valence-corrected chi connectivity index (χ4v) is 6.84. The summed E-state index contributed by atoms with van der Waals surface area (Å²) in [4.78, 5) is 38.1. The zero-order valence-electron chi connectivity index (χ0n) is 23.0. The average molecular weight is 513 g/mol. The summed E-state index contributed by atoms with van der Waals surface area (Å²) in [6.07, 6.45) is 2.86. The fraction of sp³-hybridized carbons (Fsp3) is 0.633. The van der Waals surface area contributed by atoms with Gasteiger partial charge in [0.2, 0.25) is 0 Å². The lowest BCUT2D eigenvalue weighted by Gasteiger charge is -2.61. The smallest absolute Gasteiger partial charge is 0.331 e. The number of fused-ring (bicyclic) bond motifs is 1. The topological polar surface area (TPSA) is 88.1 Å². The van der Waals surface area contributed by atoms with Gasteiger partial charge in [0.1, 0.15) is 12.2 Å². The van der Waals surface area contributed by atoms with Gasteiger partial charge < -0.3 is 18.9 Å². The molecule has 2 saturated carbocycles. The van der Waals surface area contributed by atoms with Crippen LogP contribution < -0.4 is 0 Å². The summed E-state index contributed by atoms with van der Waals surface area (Å²) < 4.78 is 25.0. The zero-order valence-corrected chi connectivity index (χ0v) is 23.0. The molecule has 202 valence electrons. The second kappa shape index (κ2) is 9.90. The normalized spacial score (nSPS) is 36.2. The minimum atomic E-state index is -0.932. The molecule has 2 aliphatic carbocycles. The summed E-state index contributed by atoms with van der Waals surface area (Å²) in [5, 5.41) is 0. The molecular formula is C30H40O7. The molecule has 3 fully saturated rings. The highest BCUT2D eigenvalue weighted by Crippen LogP contribution is 2.67. The van der Waals surface area contributed by atoms with Crippen LogP contribution in [0.2, 0.25) is 0 Å². The third-order valence-electron chi connectivity index (χ3n) is 8.87. The molecule has 1 aromatic carbocycles. The molecule has 1 aromatic rings. The van der Waals surface area contributed by atoms with Gasteiger partial charge in [0.25, 0.3) is 0 Å². The molecule has 7 nitrogen and oxygen atoms in total. The highest BCUT2D eigenvalue weighted by Gasteiger charge is 2.75. The van der Waals surface area contributed by atoms with E-state index in [1.807, 2.05) is 37.3 Å². The third-order valence-corrected chi connectivity index (χ3v) is 8.87. The van der Waals surface area contributed by atoms with Crippen molar-refractivity contribution in [2.75, 3.05) is 0 Å². The first-order valence-corrected chi connectivity index (χ1v) is 13.3. The first kappa shape index (κ1) is 27.4. The van der Waals surface area contributed by atoms with Crippen LogP contribution in [0.5, 0.6) is 0 Å². The van der Waals surface area contributed by atoms with E-state index in [9.17, 15) is 14.4 Å². The second-order valence-electron chi connectivity index (χ2n) is 12.0. The number of hydrogen-bond donors (Lipinski definition) is 0. The summed E-state index contributed by atoms with van der Waals surface area (Å²) in [7, 11) is 0. The molecule has 1 aliphatic heterocycles. The second-order valence-corrected chi connectivity index (χ2v) is 12.0. The van der Waals surface area contributed by atoms with Gasteiger partial charge in [0.05, 0.1) is 22.5 Å². The molecule has 4 rings (SSSR count). The van der Waals surface area contributed by atoms with Crippen LogP contribution in [-0.4, -0.2) is 47.4 Å². The van der Waals surface area contributed by atoms with Gasteiger partial charge in [-0.05, 0) is 63.5 Å². The first-order valence-electron chi connectivity index (χ1n) is 13.3. The Bertz CT molecular complexity index is 1060. The summed E-state index contributed by atoms with van der Waals surface area (Å²) in [6.45, 7) is 13.1. The molecule has 1 spiro atoms. The molecule has 1 heterocycles. The Hall–Kier alpha value is -2.67. The van der Waals surface area contributed by atoms with E-state index in [4.69, 9.17) is 18.9 Å². The SMILES string of the molecule is CC(=O)O[C@H]1[C@@H](OC(=O)C(C)C)C[C@@H](C)[C@@]23C[C@@H](C[C@H](OC(=O)/C=C/c4ccccc4)[C@]12C)C(C)(C)O3. The average Bonchev–Trinajstić information content (AvgIpc) is 3.07. The quantitative estimate of drug-likeness (QED) is 0.297. The number of carbonyl (C=O) groups is 3. The Balaban J connectivity index is 1.73. The van der Waals surface area contributed by atoms with Crippen molar-refractivity contribution < 1.29 is 33.3 Å². The predicted octanol–water partition coefficient (Wildman–Crippen LogP) is 5.11. The maximum absolute atomic E-state index is 13.1. The molecule has 0 aromatic heterocycles. The molecule has 0 amide bonds. The molecule has 7 atom stereocenters. The van der Waals surface area contributed by atoms with E-state index in [1.165, 1.54) is 13.0 Å². The van der Waals surface area contributed by atoms with E-state index >= 15 is 0 Å². The van der Waals surface area contributed by atoms with Crippen LogP contribution in [0.1, 0.15) is 73.3 Å². The van der Waals surface area contributed by atoms with Gasteiger partial charge >= 0.3 is 17.9 Å². The van der Waals surface area contributed by atoms with Crippen LogP contribution in [0.3, 0.4) is 0 Å². The fourth-order valence-electron chi connectivity index (χ4n) is 6.84. The van der Waals surface area contributed by atoms with E-state index in [0.29, 0.717) is 12.8 Å². The van der Waals surface area contributed by atoms with Crippen molar-refractivity contribution in [3.05, 3.63) is 42.0 Å². The van der Waals surface area contributed by atoms with Gasteiger partial charge in [-0.3, -0.25) is 9.59 Å². The number of ether oxygens (including phenoxy) is 4. The van der Waals surface area contributed by atoms with Gasteiger partial charge in [-0.2, -0.15) is 0 Å². The highest BCUT2D eigenvalue weighted by atomic mass is 16.6. The lowest BCUT2D eigenvalue weighted by atomic mass is 9.49. The van der Waals surface area contributed by atoms with Crippen molar-refractivity contribution in [3.8, 4) is 0 Å². The lowest BCUT2D eigenvalue weighted by molar-refractivity contribution is -0.285. The standard InChI is InChI=1S/C30H40O7/c1-18(2)27(33)35-23-15-19(3)30-17-22(28(5,6)37-30)16-24(29(30,7)26(23)34-20(4)31)36-25(32)14-13-21-11-9-8-10-12-21/h8-14,18-19,22-24,26H,15-17H2,1-7H3/b14-13+/t19-,22-,23+,24+,26+,29-,30+/m1/s1. The van der Waals surface area contributed by atoms with Crippen LogP contribution in [-0.2, 0) is 33.3 Å². The number of carbonyl (C=O) groups excluding carboxylic acids is 3. The van der Waals surface area contributed by atoms with Crippen molar-refractivity contribution >= 4 is 24.0 Å². The summed E-state index contributed by atoms with van der Waals surface area (Å²) >= 11 is 0. The van der Waals surface area contributed by atoms with Crippen molar-refractivity contribution in [2.45, 2.75) is 97.2 Å². The van der Waals surface area contributed by atoms with Crippen LogP contribution in [0.4, 0.5) is 0 Å². The molecule has 1 saturated heterocycles. The van der Waals surface area contributed by atoms with Gasteiger partial charge in [-0.1, -0.05) is 51.1 Å². The van der Waals surface area contributed by atoms with Crippen molar-refractivity contribution in [3.63, 3.8) is 0 Å². The lowest BCUT2D eigenvalue weighted by Crippen LogP contribution is -2.71. The maximum Gasteiger partial charge on any atom is 0.331 e. The van der Waals surface area contributed by atoms with Gasteiger partial charge in [-0.25, -0.2) is 4.79 Å². The summed E-state index contributed by atoms with van der Waals surface area (Å²) in [5.74, 6) is -1.50. The molecule has 37 heavy (non-hydrogen) atoms. The third kappa shape index (κ3) is 4.83. The van der Waals surface area contributed by atoms with Crippen molar-refractivity contribution in [1.29, 1.82) is 0 Å². The summed E-state index contributed by atoms with van der Waals surface area (Å²) in [5.41, 5.74) is -1.20. The molecule has 3 aliphatic rings. The number of rotatable bonds is 6. The van der Waals surface area contributed by atoms with Gasteiger partial charge in [-0.15, -0.1) is 0 Å². The molecule has 7 heteroatoms. The Labute approximate surface area is 219 Å². The molecule has 0 N–H and O–H groups in total. The van der Waals surface area contributed by atoms with E-state index in [1.54, 1.807) is 19.9 Å². The number of hydrogen-bond acceptors (Lipinski definition) is 7. The van der Waals surface area contributed by atoms with E-state index in [0.717, 1.165) is 12.0 Å². The van der Waals surface area contributed by atoms with E-state index in [-0.39, 0.29) is 23.7 Å². The number of benzene rings is 1. The van der Waals surface area contributed by atoms with Gasteiger partial charge in [0.15, 0.2) is 6.10 Å². The van der Waals surface area contributed by atoms with Gasteiger partial charge in [0, 0.05) is 13.0 Å². The maximum atomic E-state index is 13.1. The van der Waals surface area contributed by atoms with Crippen molar-refractivity contribution in [1.82, 2.24) is 0 Å². The Morgan fingerprint density at radius 1 is 1.03 bits per heavy atom. The van der Waals surface area contributed by atoms with Crippen LogP contribution in [0.15, 0.2) is 36.4 Å². The summed E-state index contributed by atoms with van der Waals surface area (Å²) in [6, 6.07) is 9.53. The van der Waals surface area contributed by atoms with Crippen LogP contribution in [0.25, 0.3) is 6.08 Å². The molecular weight excluding hydrogens is 472 g/mol. The largest absolute Gasteiger partial charge is 0.458 e. The number of esters is 3. The first-order chi connectivity index (χ1) is 17.3. The highest BCUT2D eigenvalue weighted by molar-refractivity contribution is 5.87. The minimum Gasteiger partial charge on any atom is -0.458 e. The molecule has 0 unspecified atom stereocenters. The van der Waals surface area contributed by atoms with Crippen molar-refractivity contribution in [2.24, 2.45) is 23.2 Å².